The van der Waals surface area contributed by atoms with Gasteiger partial charge in [-0.05, 0) is 30.0 Å². The van der Waals surface area contributed by atoms with Gasteiger partial charge in [0.15, 0.2) is 0 Å². The Morgan fingerprint density at radius 1 is 1.25 bits per heavy atom. The Bertz CT molecular complexity index is 320. The molecule has 0 aromatic heterocycles. The number of alkyl halides is 1. The molecular weight excluding hydrogens is 214 g/mol. The van der Waals surface area contributed by atoms with Crippen LogP contribution < -0.4 is 0 Å². The molecular formula is C9H7Cl3. The van der Waals surface area contributed by atoms with Gasteiger partial charge >= 0.3 is 0 Å². The average Bonchev–Trinajstić information content (AvgIpc) is 2.41. The molecule has 1 aromatic rings. The lowest BCUT2D eigenvalue weighted by molar-refractivity contribution is 0.882. The van der Waals surface area contributed by atoms with E-state index in [1.165, 1.54) is 0 Å². The molecule has 0 spiro atoms. The van der Waals surface area contributed by atoms with Crippen molar-refractivity contribution in [1.82, 2.24) is 0 Å². The number of halogens is 3. The summed E-state index contributed by atoms with van der Waals surface area (Å²) in [4.78, 5) is 0. The summed E-state index contributed by atoms with van der Waals surface area (Å²) >= 11 is 17.9. The number of benzene rings is 1. The molecule has 0 N–H and O–H groups in total. The predicted octanol–water partition coefficient (Wildman–Crippen LogP) is 4.22. The molecule has 1 aromatic carbocycles. The quantitative estimate of drug-likeness (QED) is 0.576. The molecule has 1 aliphatic rings. The molecule has 1 unspecified atom stereocenters. The molecule has 64 valence electrons. The first-order chi connectivity index (χ1) is 5.70. The normalized spacial score (nSPS) is 21.1. The van der Waals surface area contributed by atoms with Crippen LogP contribution in [0.15, 0.2) is 12.1 Å². The zero-order chi connectivity index (χ0) is 8.72. The van der Waals surface area contributed by atoms with E-state index in [1.807, 2.05) is 12.1 Å². The monoisotopic (exact) mass is 220 g/mol. The van der Waals surface area contributed by atoms with Crippen molar-refractivity contribution >= 4 is 34.8 Å². The second-order valence-electron chi connectivity index (χ2n) is 2.94. The number of fused-ring (bicyclic) bond motifs is 1. The molecule has 0 amide bonds. The van der Waals surface area contributed by atoms with E-state index in [0.717, 1.165) is 24.0 Å². The molecule has 0 saturated carbocycles. The Balaban J connectivity index is 2.60. The van der Waals surface area contributed by atoms with Crippen molar-refractivity contribution in [2.24, 2.45) is 0 Å². The van der Waals surface area contributed by atoms with Gasteiger partial charge in [0, 0.05) is 0 Å². The minimum atomic E-state index is 0.120. The molecule has 0 fully saturated rings. The Hall–Kier alpha value is 0.0900. The van der Waals surface area contributed by atoms with Gasteiger partial charge in [0.05, 0.1) is 15.4 Å². The molecule has 1 atom stereocenters. The molecule has 1 aliphatic carbocycles. The molecule has 0 aliphatic heterocycles. The van der Waals surface area contributed by atoms with E-state index < -0.39 is 0 Å². The zero-order valence-corrected chi connectivity index (χ0v) is 8.55. The van der Waals surface area contributed by atoms with Crippen molar-refractivity contribution < 1.29 is 0 Å². The van der Waals surface area contributed by atoms with E-state index >= 15 is 0 Å². The lowest BCUT2D eigenvalue weighted by atomic mass is 10.1. The fourth-order valence-electron chi connectivity index (χ4n) is 1.58. The summed E-state index contributed by atoms with van der Waals surface area (Å²) in [6, 6.07) is 3.78. The van der Waals surface area contributed by atoms with Gasteiger partial charge in [-0.3, -0.25) is 0 Å². The van der Waals surface area contributed by atoms with Crippen LogP contribution in [-0.2, 0) is 6.42 Å². The number of hydrogen-bond donors (Lipinski definition) is 0. The predicted molar refractivity (Wildman–Crippen MR) is 53.4 cm³/mol. The van der Waals surface area contributed by atoms with Crippen molar-refractivity contribution in [1.29, 1.82) is 0 Å². The van der Waals surface area contributed by atoms with E-state index in [0.29, 0.717) is 10.0 Å². The second-order valence-corrected chi connectivity index (χ2v) is 4.25. The first-order valence-electron chi connectivity index (χ1n) is 3.81. The largest absolute Gasteiger partial charge is 0.118 e. The highest BCUT2D eigenvalue weighted by Gasteiger charge is 2.23. The van der Waals surface area contributed by atoms with Gasteiger partial charge in [-0.25, -0.2) is 0 Å². The molecule has 0 radical (unpaired) electrons. The minimum absolute atomic E-state index is 0.120. The summed E-state index contributed by atoms with van der Waals surface area (Å²) in [7, 11) is 0. The van der Waals surface area contributed by atoms with Gasteiger partial charge in [-0.15, -0.1) is 11.6 Å². The molecule has 0 nitrogen and oxygen atoms in total. The highest BCUT2D eigenvalue weighted by Crippen LogP contribution is 2.41. The first-order valence-corrected chi connectivity index (χ1v) is 5.00. The van der Waals surface area contributed by atoms with Crippen molar-refractivity contribution in [3.63, 3.8) is 0 Å². The van der Waals surface area contributed by atoms with Crippen LogP contribution in [0.2, 0.25) is 10.0 Å². The third-order valence-electron chi connectivity index (χ3n) is 2.22. The van der Waals surface area contributed by atoms with Gasteiger partial charge in [-0.1, -0.05) is 29.3 Å². The van der Waals surface area contributed by atoms with E-state index in [1.54, 1.807) is 0 Å². The first kappa shape index (κ1) is 8.68. The van der Waals surface area contributed by atoms with Crippen LogP contribution in [0, 0.1) is 0 Å². The van der Waals surface area contributed by atoms with Crippen molar-refractivity contribution in [2.45, 2.75) is 18.2 Å². The van der Waals surface area contributed by atoms with E-state index in [-0.39, 0.29) is 5.38 Å². The van der Waals surface area contributed by atoms with Gasteiger partial charge in [0.2, 0.25) is 0 Å². The lowest BCUT2D eigenvalue weighted by Gasteiger charge is -2.04. The fourth-order valence-corrected chi connectivity index (χ4v) is 2.34. The Kier molecular flexibility index (Phi) is 2.24. The Labute approximate surface area is 86.4 Å². The Morgan fingerprint density at radius 3 is 2.75 bits per heavy atom. The number of rotatable bonds is 0. The third-order valence-corrected chi connectivity index (χ3v) is 3.51. The minimum Gasteiger partial charge on any atom is -0.118 e. The van der Waals surface area contributed by atoms with Crippen molar-refractivity contribution in [3.05, 3.63) is 33.3 Å². The second kappa shape index (κ2) is 3.10. The summed E-state index contributed by atoms with van der Waals surface area (Å²) in [6.45, 7) is 0. The maximum Gasteiger partial charge on any atom is 0.0627 e. The Morgan fingerprint density at radius 2 is 2.00 bits per heavy atom. The zero-order valence-electron chi connectivity index (χ0n) is 6.28. The SMILES string of the molecule is Clc1ccc2c(c1Cl)CCC2Cl. The molecule has 0 saturated heterocycles. The maximum atomic E-state index is 6.07. The van der Waals surface area contributed by atoms with Gasteiger partial charge in [0.1, 0.15) is 0 Å². The average molecular weight is 222 g/mol. The van der Waals surface area contributed by atoms with Crippen LogP contribution in [0.5, 0.6) is 0 Å². The number of hydrogen-bond acceptors (Lipinski definition) is 0. The standard InChI is InChI=1S/C9H7Cl3/c10-7-3-2-6-5(7)1-4-8(11)9(6)12/h1,4,7H,2-3H2. The van der Waals surface area contributed by atoms with Crippen LogP contribution in [0.25, 0.3) is 0 Å². The summed E-state index contributed by atoms with van der Waals surface area (Å²) in [5.41, 5.74) is 2.27. The topological polar surface area (TPSA) is 0 Å². The van der Waals surface area contributed by atoms with Gasteiger partial charge in [-0.2, -0.15) is 0 Å². The van der Waals surface area contributed by atoms with Crippen molar-refractivity contribution in [2.75, 3.05) is 0 Å². The maximum absolute atomic E-state index is 6.07. The molecule has 0 heterocycles. The van der Waals surface area contributed by atoms with Crippen LogP contribution in [0.4, 0.5) is 0 Å². The van der Waals surface area contributed by atoms with E-state index in [2.05, 4.69) is 0 Å². The summed E-state index contributed by atoms with van der Waals surface area (Å²) < 4.78 is 0. The molecule has 2 rings (SSSR count). The molecule has 3 heteroatoms. The van der Waals surface area contributed by atoms with Gasteiger partial charge < -0.3 is 0 Å². The highest BCUT2D eigenvalue weighted by molar-refractivity contribution is 6.42. The summed E-state index contributed by atoms with van der Waals surface area (Å²) in [5.74, 6) is 0. The molecule has 12 heavy (non-hydrogen) atoms. The highest BCUT2D eigenvalue weighted by atomic mass is 35.5. The van der Waals surface area contributed by atoms with Gasteiger partial charge in [0.25, 0.3) is 0 Å². The summed E-state index contributed by atoms with van der Waals surface area (Å²) in [6.07, 6.45) is 1.92. The van der Waals surface area contributed by atoms with E-state index in [4.69, 9.17) is 34.8 Å². The fraction of sp³-hybridized carbons (Fsp3) is 0.333. The van der Waals surface area contributed by atoms with Crippen LogP contribution in [0.1, 0.15) is 22.9 Å². The molecule has 0 bridgehead atoms. The van der Waals surface area contributed by atoms with E-state index in [9.17, 15) is 0 Å². The lowest BCUT2D eigenvalue weighted by Crippen LogP contribution is -1.85. The third kappa shape index (κ3) is 1.22. The van der Waals surface area contributed by atoms with Crippen LogP contribution in [0.3, 0.4) is 0 Å². The van der Waals surface area contributed by atoms with Crippen molar-refractivity contribution in [3.8, 4) is 0 Å². The van der Waals surface area contributed by atoms with Crippen LogP contribution >= 0.6 is 34.8 Å². The summed E-state index contributed by atoms with van der Waals surface area (Å²) in [5, 5.41) is 1.42. The van der Waals surface area contributed by atoms with Crippen LogP contribution in [-0.4, -0.2) is 0 Å². The smallest absolute Gasteiger partial charge is 0.0627 e.